The lowest BCUT2D eigenvalue weighted by Gasteiger charge is -2.37. The van der Waals surface area contributed by atoms with Gasteiger partial charge in [-0.05, 0) is 18.2 Å². The summed E-state index contributed by atoms with van der Waals surface area (Å²) in [7, 11) is 2.07. The van der Waals surface area contributed by atoms with E-state index in [0.29, 0.717) is 5.56 Å². The van der Waals surface area contributed by atoms with Crippen LogP contribution in [0.25, 0.3) is 0 Å². The Morgan fingerprint density at radius 2 is 1.95 bits per heavy atom. The molecule has 0 spiro atoms. The molecule has 1 aromatic heterocycles. The fraction of sp³-hybridized carbons (Fsp3) is 0.200. The second-order valence-corrected chi connectivity index (χ2v) is 4.94. The first-order valence-corrected chi connectivity index (χ1v) is 6.72. The second-order valence-electron chi connectivity index (χ2n) is 4.94. The number of pyridine rings is 1. The van der Waals surface area contributed by atoms with Crippen molar-refractivity contribution < 1.29 is 5.21 Å². The SMILES string of the molecule is CN1CCN(c2cnccc2/C(N)=N/O)c2ccccc21. The van der Waals surface area contributed by atoms with Gasteiger partial charge in [0.2, 0.25) is 0 Å². The molecule has 2 heterocycles. The van der Waals surface area contributed by atoms with Crippen molar-refractivity contribution in [3.8, 4) is 0 Å². The minimum absolute atomic E-state index is 0.0869. The van der Waals surface area contributed by atoms with Crippen LogP contribution in [-0.2, 0) is 0 Å². The number of nitrogens with two attached hydrogens (primary N) is 1. The molecule has 0 unspecified atom stereocenters. The van der Waals surface area contributed by atoms with E-state index in [4.69, 9.17) is 10.9 Å². The van der Waals surface area contributed by atoms with Crippen molar-refractivity contribution in [2.75, 3.05) is 29.9 Å². The molecule has 6 nitrogen and oxygen atoms in total. The second kappa shape index (κ2) is 5.32. The largest absolute Gasteiger partial charge is 0.409 e. The number of fused-ring (bicyclic) bond motifs is 1. The number of para-hydroxylation sites is 2. The normalized spacial score (nSPS) is 15.0. The predicted octanol–water partition coefficient (Wildman–Crippen LogP) is 1.76. The number of oxime groups is 1. The van der Waals surface area contributed by atoms with Gasteiger partial charge in [-0.2, -0.15) is 0 Å². The van der Waals surface area contributed by atoms with Gasteiger partial charge in [0.15, 0.2) is 5.84 Å². The molecule has 0 saturated carbocycles. The van der Waals surface area contributed by atoms with Crippen LogP contribution in [0.2, 0.25) is 0 Å². The molecule has 0 atom stereocenters. The maximum absolute atomic E-state index is 8.96. The molecule has 1 aliphatic rings. The van der Waals surface area contributed by atoms with E-state index in [1.54, 1.807) is 18.5 Å². The van der Waals surface area contributed by atoms with Crippen LogP contribution in [0.15, 0.2) is 47.9 Å². The van der Waals surface area contributed by atoms with Crippen LogP contribution in [0.3, 0.4) is 0 Å². The number of aromatic nitrogens is 1. The molecule has 0 radical (unpaired) electrons. The first-order chi connectivity index (χ1) is 10.2. The van der Waals surface area contributed by atoms with Gasteiger partial charge in [0.05, 0.1) is 23.3 Å². The predicted molar refractivity (Wildman–Crippen MR) is 83.5 cm³/mol. The quantitative estimate of drug-likeness (QED) is 0.380. The molecular weight excluding hydrogens is 266 g/mol. The van der Waals surface area contributed by atoms with Crippen LogP contribution in [0.4, 0.5) is 17.1 Å². The lowest BCUT2D eigenvalue weighted by Crippen LogP contribution is -2.37. The Morgan fingerprint density at radius 3 is 2.71 bits per heavy atom. The van der Waals surface area contributed by atoms with Crippen molar-refractivity contribution >= 4 is 22.9 Å². The molecule has 108 valence electrons. The summed E-state index contributed by atoms with van der Waals surface area (Å²) >= 11 is 0. The van der Waals surface area contributed by atoms with Gasteiger partial charge in [0.25, 0.3) is 0 Å². The summed E-state index contributed by atoms with van der Waals surface area (Å²) in [6.45, 7) is 1.70. The van der Waals surface area contributed by atoms with Crippen molar-refractivity contribution in [2.45, 2.75) is 0 Å². The van der Waals surface area contributed by atoms with Crippen molar-refractivity contribution in [2.24, 2.45) is 10.9 Å². The maximum atomic E-state index is 8.96. The molecule has 0 saturated heterocycles. The Hall–Kier alpha value is -2.76. The number of hydrogen-bond donors (Lipinski definition) is 2. The minimum Gasteiger partial charge on any atom is -0.409 e. The molecule has 0 amide bonds. The zero-order chi connectivity index (χ0) is 14.8. The fourth-order valence-corrected chi connectivity index (χ4v) is 2.63. The highest BCUT2D eigenvalue weighted by Gasteiger charge is 2.23. The first-order valence-electron chi connectivity index (χ1n) is 6.72. The van der Waals surface area contributed by atoms with Gasteiger partial charge in [-0.25, -0.2) is 0 Å². The molecule has 3 N–H and O–H groups in total. The molecule has 1 aromatic carbocycles. The molecule has 6 heteroatoms. The minimum atomic E-state index is 0.0869. The van der Waals surface area contributed by atoms with Gasteiger partial charge in [-0.1, -0.05) is 17.3 Å². The van der Waals surface area contributed by atoms with E-state index in [1.165, 1.54) is 0 Å². The van der Waals surface area contributed by atoms with Crippen LogP contribution < -0.4 is 15.5 Å². The Morgan fingerprint density at radius 1 is 1.19 bits per heavy atom. The molecule has 0 bridgehead atoms. The van der Waals surface area contributed by atoms with E-state index in [1.807, 2.05) is 12.1 Å². The Labute approximate surface area is 123 Å². The molecule has 0 fully saturated rings. The zero-order valence-electron chi connectivity index (χ0n) is 11.8. The van der Waals surface area contributed by atoms with Crippen molar-refractivity contribution in [1.29, 1.82) is 0 Å². The van der Waals surface area contributed by atoms with E-state index in [2.05, 4.69) is 39.1 Å². The molecular formula is C15H17N5O. The summed E-state index contributed by atoms with van der Waals surface area (Å²) in [5.74, 6) is 0.0869. The lowest BCUT2D eigenvalue weighted by molar-refractivity contribution is 0.318. The number of nitrogens with zero attached hydrogens (tertiary/aromatic N) is 4. The summed E-state index contributed by atoms with van der Waals surface area (Å²) in [4.78, 5) is 8.54. The molecule has 21 heavy (non-hydrogen) atoms. The monoisotopic (exact) mass is 283 g/mol. The Balaban J connectivity index is 2.13. The highest BCUT2D eigenvalue weighted by atomic mass is 16.4. The number of benzene rings is 1. The smallest absolute Gasteiger partial charge is 0.172 e. The van der Waals surface area contributed by atoms with E-state index >= 15 is 0 Å². The number of amidine groups is 1. The molecule has 2 aromatic rings. The maximum Gasteiger partial charge on any atom is 0.172 e. The van der Waals surface area contributed by atoms with E-state index in [0.717, 1.165) is 30.2 Å². The summed E-state index contributed by atoms with van der Waals surface area (Å²) in [5, 5.41) is 12.1. The van der Waals surface area contributed by atoms with Gasteiger partial charge < -0.3 is 20.7 Å². The summed E-state index contributed by atoms with van der Waals surface area (Å²) in [6, 6.07) is 9.93. The van der Waals surface area contributed by atoms with Gasteiger partial charge in [0.1, 0.15) is 0 Å². The van der Waals surface area contributed by atoms with Crippen molar-refractivity contribution in [3.63, 3.8) is 0 Å². The third-order valence-corrected chi connectivity index (χ3v) is 3.72. The highest BCUT2D eigenvalue weighted by Crippen LogP contribution is 2.37. The average molecular weight is 283 g/mol. The average Bonchev–Trinajstić information content (AvgIpc) is 2.55. The standard InChI is InChI=1S/C15H17N5O/c1-19-8-9-20(13-5-3-2-4-12(13)19)14-10-17-7-6-11(14)15(16)18-21/h2-7,10,21H,8-9H2,1H3,(H2,16,18). The lowest BCUT2D eigenvalue weighted by atomic mass is 10.1. The Kier molecular flexibility index (Phi) is 3.35. The summed E-state index contributed by atoms with van der Waals surface area (Å²) < 4.78 is 0. The highest BCUT2D eigenvalue weighted by molar-refractivity contribution is 6.03. The number of rotatable bonds is 2. The third kappa shape index (κ3) is 2.24. The number of likely N-dealkylation sites (N-methyl/N-ethyl adjacent to an activating group) is 1. The summed E-state index contributed by atoms with van der Waals surface area (Å²) in [5.41, 5.74) is 9.54. The third-order valence-electron chi connectivity index (χ3n) is 3.72. The molecule has 0 aliphatic carbocycles. The summed E-state index contributed by atoms with van der Waals surface area (Å²) in [6.07, 6.45) is 3.38. The molecule has 3 rings (SSSR count). The zero-order valence-corrected chi connectivity index (χ0v) is 11.8. The van der Waals surface area contributed by atoms with Crippen molar-refractivity contribution in [3.05, 3.63) is 48.3 Å². The van der Waals surface area contributed by atoms with Gasteiger partial charge in [-0.15, -0.1) is 0 Å². The molecule has 1 aliphatic heterocycles. The van der Waals surface area contributed by atoms with Crippen LogP contribution in [0.5, 0.6) is 0 Å². The topological polar surface area (TPSA) is 78.0 Å². The first kappa shape index (κ1) is 13.2. The fourth-order valence-electron chi connectivity index (χ4n) is 2.63. The van der Waals surface area contributed by atoms with Crippen LogP contribution in [0.1, 0.15) is 5.56 Å². The van der Waals surface area contributed by atoms with E-state index in [9.17, 15) is 0 Å². The van der Waals surface area contributed by atoms with Gasteiger partial charge in [-0.3, -0.25) is 4.98 Å². The number of hydrogen-bond acceptors (Lipinski definition) is 5. The van der Waals surface area contributed by atoms with Gasteiger partial charge in [0, 0.05) is 31.9 Å². The van der Waals surface area contributed by atoms with Gasteiger partial charge >= 0.3 is 0 Å². The number of anilines is 3. The van der Waals surface area contributed by atoms with E-state index in [-0.39, 0.29) is 5.84 Å². The van der Waals surface area contributed by atoms with Crippen LogP contribution in [0, 0.1) is 0 Å². The van der Waals surface area contributed by atoms with Crippen LogP contribution >= 0.6 is 0 Å². The van der Waals surface area contributed by atoms with E-state index < -0.39 is 0 Å². The Bertz CT molecular complexity index is 685. The van der Waals surface area contributed by atoms with Crippen LogP contribution in [-0.4, -0.2) is 36.2 Å². The van der Waals surface area contributed by atoms with Crippen molar-refractivity contribution in [1.82, 2.24) is 4.98 Å².